The van der Waals surface area contributed by atoms with Gasteiger partial charge in [0.15, 0.2) is 6.61 Å². The van der Waals surface area contributed by atoms with E-state index >= 15 is 0 Å². The third-order valence-electron chi connectivity index (χ3n) is 3.24. The van der Waals surface area contributed by atoms with Crippen LogP contribution in [0, 0.1) is 0 Å². The summed E-state index contributed by atoms with van der Waals surface area (Å²) in [5.74, 6) is -1.31. The van der Waals surface area contributed by atoms with Crippen molar-refractivity contribution in [2.24, 2.45) is 0 Å². The minimum atomic E-state index is -3.75. The fourth-order valence-electron chi connectivity index (χ4n) is 1.90. The summed E-state index contributed by atoms with van der Waals surface area (Å²) < 4.78 is 31.7. The molecule has 0 spiro atoms. The molecule has 0 unspecified atom stereocenters. The van der Waals surface area contributed by atoms with Crippen molar-refractivity contribution in [2.75, 3.05) is 26.7 Å². The average Bonchev–Trinajstić information content (AvgIpc) is 2.55. The number of carbonyl (C=O) groups is 2. The molecule has 0 atom stereocenters. The molecule has 9 nitrogen and oxygen atoms in total. The molecule has 0 aliphatic heterocycles. The number of ether oxygens (including phenoxy) is 1. The van der Waals surface area contributed by atoms with E-state index in [1.807, 2.05) is 0 Å². The number of sulfonamides is 1. The molecule has 0 fully saturated rings. The molecular weight excluding hydrogens is 338 g/mol. The van der Waals surface area contributed by atoms with Gasteiger partial charge in [-0.15, -0.1) is 0 Å². The Kier molecular flexibility index (Phi) is 7.11. The quantitative estimate of drug-likeness (QED) is 0.606. The molecule has 1 heterocycles. The monoisotopic (exact) mass is 359 g/mol. The van der Waals surface area contributed by atoms with Gasteiger partial charge in [0.2, 0.25) is 10.0 Å². The SMILES string of the molecule is CCN(CC)S(=O)(=O)c1ccc(=O)n(CC(=O)OCC(=O)NC)c1. The molecule has 0 saturated carbocycles. The summed E-state index contributed by atoms with van der Waals surface area (Å²) in [7, 11) is -2.36. The molecule has 0 radical (unpaired) electrons. The van der Waals surface area contributed by atoms with Gasteiger partial charge < -0.3 is 14.6 Å². The lowest BCUT2D eigenvalue weighted by Crippen LogP contribution is -2.33. The zero-order chi connectivity index (χ0) is 18.3. The number of likely N-dealkylation sites (N-methyl/N-ethyl adjacent to an activating group) is 1. The van der Waals surface area contributed by atoms with Crippen LogP contribution in [-0.4, -0.2) is 55.9 Å². The number of aromatic nitrogens is 1. The number of pyridine rings is 1. The highest BCUT2D eigenvalue weighted by Crippen LogP contribution is 2.13. The van der Waals surface area contributed by atoms with E-state index in [-0.39, 0.29) is 18.0 Å². The van der Waals surface area contributed by atoms with Crippen LogP contribution < -0.4 is 10.9 Å². The van der Waals surface area contributed by atoms with Crippen molar-refractivity contribution < 1.29 is 22.7 Å². The lowest BCUT2D eigenvalue weighted by Gasteiger charge is -2.18. The van der Waals surface area contributed by atoms with Crippen molar-refractivity contribution in [3.05, 3.63) is 28.7 Å². The maximum atomic E-state index is 12.4. The van der Waals surface area contributed by atoms with E-state index in [0.717, 1.165) is 16.8 Å². The first-order valence-electron chi connectivity index (χ1n) is 7.33. The lowest BCUT2D eigenvalue weighted by molar-refractivity contribution is -0.149. The van der Waals surface area contributed by atoms with Crippen LogP contribution in [0.1, 0.15) is 13.8 Å². The highest BCUT2D eigenvalue weighted by Gasteiger charge is 2.22. The number of nitrogens with one attached hydrogen (secondary N) is 1. The molecule has 0 bridgehead atoms. The molecule has 1 rings (SSSR count). The first-order valence-corrected chi connectivity index (χ1v) is 8.77. The number of hydrogen-bond acceptors (Lipinski definition) is 6. The molecule has 1 aromatic heterocycles. The standard InChI is InChI=1S/C14H21N3O6S/c1-4-17(5-2)24(21,22)11-6-7-13(19)16(8-11)9-14(20)23-10-12(18)15-3/h6-8H,4-5,9-10H2,1-3H3,(H,15,18). The minimum absolute atomic E-state index is 0.0927. The lowest BCUT2D eigenvalue weighted by atomic mass is 10.4. The van der Waals surface area contributed by atoms with Crippen molar-refractivity contribution >= 4 is 21.9 Å². The van der Waals surface area contributed by atoms with Crippen molar-refractivity contribution in [1.82, 2.24) is 14.2 Å². The van der Waals surface area contributed by atoms with E-state index in [4.69, 9.17) is 4.74 Å². The highest BCUT2D eigenvalue weighted by molar-refractivity contribution is 7.89. The van der Waals surface area contributed by atoms with Crippen LogP contribution in [-0.2, 0) is 30.9 Å². The summed E-state index contributed by atoms with van der Waals surface area (Å²) in [6.45, 7) is 3.01. The first-order chi connectivity index (χ1) is 11.3. The molecule has 1 N–H and O–H groups in total. The fraction of sp³-hybridized carbons (Fsp3) is 0.500. The third kappa shape index (κ3) is 4.90. The van der Waals surface area contributed by atoms with Crippen LogP contribution in [0.25, 0.3) is 0 Å². The zero-order valence-electron chi connectivity index (χ0n) is 13.8. The summed E-state index contributed by atoms with van der Waals surface area (Å²) in [5, 5.41) is 2.28. The molecule has 0 aliphatic rings. The fourth-order valence-corrected chi connectivity index (χ4v) is 3.38. The van der Waals surface area contributed by atoms with E-state index in [1.54, 1.807) is 13.8 Å². The Bertz CT molecular complexity index is 752. The van der Waals surface area contributed by atoms with Crippen molar-refractivity contribution in [2.45, 2.75) is 25.3 Å². The first kappa shape index (κ1) is 19.8. The smallest absolute Gasteiger partial charge is 0.326 e. The van der Waals surface area contributed by atoms with Gasteiger partial charge in [-0.25, -0.2) is 8.42 Å². The van der Waals surface area contributed by atoms with E-state index in [9.17, 15) is 22.8 Å². The van der Waals surface area contributed by atoms with Gasteiger partial charge in [-0.05, 0) is 6.07 Å². The number of esters is 1. The second-order valence-electron chi connectivity index (χ2n) is 4.75. The van der Waals surface area contributed by atoms with Crippen LogP contribution in [0.15, 0.2) is 28.0 Å². The molecule has 1 amide bonds. The largest absolute Gasteiger partial charge is 0.454 e. The van der Waals surface area contributed by atoms with E-state index in [0.29, 0.717) is 0 Å². The zero-order valence-corrected chi connectivity index (χ0v) is 14.6. The summed E-state index contributed by atoms with van der Waals surface area (Å²) in [5.41, 5.74) is -0.551. The van der Waals surface area contributed by atoms with Crippen molar-refractivity contribution in [3.8, 4) is 0 Å². The van der Waals surface area contributed by atoms with Gasteiger partial charge in [-0.3, -0.25) is 14.4 Å². The number of rotatable bonds is 8. The number of hydrogen-bond donors (Lipinski definition) is 1. The van der Waals surface area contributed by atoms with Gasteiger partial charge >= 0.3 is 5.97 Å². The van der Waals surface area contributed by atoms with Gasteiger partial charge in [0, 0.05) is 32.4 Å². The second kappa shape index (κ2) is 8.60. The van der Waals surface area contributed by atoms with Gasteiger partial charge in [0.1, 0.15) is 6.54 Å². The maximum Gasteiger partial charge on any atom is 0.326 e. The summed E-state index contributed by atoms with van der Waals surface area (Å²) in [4.78, 5) is 34.4. The van der Waals surface area contributed by atoms with Crippen LogP contribution in [0.2, 0.25) is 0 Å². The maximum absolute atomic E-state index is 12.4. The Morgan fingerprint density at radius 3 is 2.42 bits per heavy atom. The Hall–Kier alpha value is -2.20. The summed E-state index contributed by atoms with van der Waals surface area (Å²) in [6, 6.07) is 2.27. The molecular formula is C14H21N3O6S. The summed E-state index contributed by atoms with van der Waals surface area (Å²) in [6.07, 6.45) is 1.09. The number of carbonyl (C=O) groups excluding carboxylic acids is 2. The van der Waals surface area contributed by atoms with Crippen LogP contribution in [0.3, 0.4) is 0 Å². The Morgan fingerprint density at radius 1 is 1.25 bits per heavy atom. The molecule has 134 valence electrons. The third-order valence-corrected chi connectivity index (χ3v) is 5.28. The number of nitrogens with zero attached hydrogens (tertiary/aromatic N) is 2. The molecule has 0 aromatic carbocycles. The second-order valence-corrected chi connectivity index (χ2v) is 6.69. The predicted molar refractivity (Wildman–Crippen MR) is 85.8 cm³/mol. The van der Waals surface area contributed by atoms with Gasteiger partial charge in [0.25, 0.3) is 11.5 Å². The van der Waals surface area contributed by atoms with Gasteiger partial charge in [-0.2, -0.15) is 4.31 Å². The minimum Gasteiger partial charge on any atom is -0.454 e. The van der Waals surface area contributed by atoms with Gasteiger partial charge in [0.05, 0.1) is 4.90 Å². The van der Waals surface area contributed by atoms with Crippen molar-refractivity contribution in [3.63, 3.8) is 0 Å². The molecule has 24 heavy (non-hydrogen) atoms. The highest BCUT2D eigenvalue weighted by atomic mass is 32.2. The topological polar surface area (TPSA) is 115 Å². The molecule has 0 aliphatic carbocycles. The molecule has 0 saturated heterocycles. The Labute approximate surface area is 140 Å². The van der Waals surface area contributed by atoms with Crippen LogP contribution in [0.5, 0.6) is 0 Å². The predicted octanol–water partition coefficient (Wildman–Crippen LogP) is -0.832. The van der Waals surface area contributed by atoms with Crippen LogP contribution in [0.4, 0.5) is 0 Å². The Balaban J connectivity index is 3.00. The summed E-state index contributed by atoms with van der Waals surface area (Å²) >= 11 is 0. The van der Waals surface area contributed by atoms with E-state index in [2.05, 4.69) is 5.32 Å². The van der Waals surface area contributed by atoms with Crippen molar-refractivity contribution in [1.29, 1.82) is 0 Å². The Morgan fingerprint density at radius 2 is 1.88 bits per heavy atom. The number of amides is 1. The van der Waals surface area contributed by atoms with Crippen LogP contribution >= 0.6 is 0 Å². The normalized spacial score (nSPS) is 11.3. The van der Waals surface area contributed by atoms with E-state index in [1.165, 1.54) is 17.4 Å². The van der Waals surface area contributed by atoms with Gasteiger partial charge in [-0.1, -0.05) is 13.8 Å². The average molecular weight is 359 g/mol. The molecule has 1 aromatic rings. The van der Waals surface area contributed by atoms with E-state index < -0.39 is 40.6 Å². The molecule has 10 heteroatoms.